The molecule has 0 saturated heterocycles. The lowest BCUT2D eigenvalue weighted by molar-refractivity contribution is 0.567. The van der Waals surface area contributed by atoms with Gasteiger partial charge < -0.3 is 9.73 Å². The predicted octanol–water partition coefficient (Wildman–Crippen LogP) is 4.10. The largest absolute Gasteiger partial charge is 0.453 e. The lowest BCUT2D eigenvalue weighted by Crippen LogP contribution is -2.06. The first kappa shape index (κ1) is 12.8. The van der Waals surface area contributed by atoms with Gasteiger partial charge in [-0.25, -0.2) is 8.78 Å². The second-order valence-corrected chi connectivity index (χ2v) is 4.60. The molecule has 0 aliphatic heterocycles. The summed E-state index contributed by atoms with van der Waals surface area (Å²) in [4.78, 5) is 0. The molecule has 0 atom stereocenters. The van der Waals surface area contributed by atoms with Gasteiger partial charge >= 0.3 is 0 Å². The highest BCUT2D eigenvalue weighted by Gasteiger charge is 2.13. The molecule has 4 heteroatoms. The second kappa shape index (κ2) is 5.06. The van der Waals surface area contributed by atoms with E-state index in [1.165, 1.54) is 18.2 Å². The van der Waals surface area contributed by atoms with Crippen molar-refractivity contribution < 1.29 is 13.2 Å². The zero-order chi connectivity index (χ0) is 14.1. The summed E-state index contributed by atoms with van der Waals surface area (Å²) < 4.78 is 32.7. The molecule has 0 aliphatic carbocycles. The van der Waals surface area contributed by atoms with Crippen molar-refractivity contribution in [3.05, 3.63) is 59.7 Å². The van der Waals surface area contributed by atoms with Gasteiger partial charge in [-0.3, -0.25) is 0 Å². The molecule has 3 rings (SSSR count). The monoisotopic (exact) mass is 273 g/mol. The molecule has 20 heavy (non-hydrogen) atoms. The van der Waals surface area contributed by atoms with Gasteiger partial charge in [-0.1, -0.05) is 18.2 Å². The van der Waals surface area contributed by atoms with Crippen molar-refractivity contribution in [2.24, 2.45) is 0 Å². The molecule has 0 unspecified atom stereocenters. The number of hydrogen-bond acceptors (Lipinski definition) is 2. The van der Waals surface area contributed by atoms with Gasteiger partial charge in [0, 0.05) is 17.5 Å². The summed E-state index contributed by atoms with van der Waals surface area (Å²) in [6.07, 6.45) is 0. The lowest BCUT2D eigenvalue weighted by Gasteiger charge is -2.06. The van der Waals surface area contributed by atoms with Gasteiger partial charge in [-0.05, 0) is 36.9 Å². The van der Waals surface area contributed by atoms with Crippen LogP contribution in [-0.4, -0.2) is 7.05 Å². The first-order valence-electron chi connectivity index (χ1n) is 6.30. The van der Waals surface area contributed by atoms with Gasteiger partial charge in [-0.2, -0.15) is 0 Å². The minimum absolute atomic E-state index is 0.196. The third-order valence-corrected chi connectivity index (χ3v) is 3.20. The molecule has 0 aliphatic rings. The van der Waals surface area contributed by atoms with Crippen LogP contribution in [0.25, 0.3) is 22.3 Å². The van der Waals surface area contributed by atoms with Gasteiger partial charge in [-0.15, -0.1) is 0 Å². The van der Waals surface area contributed by atoms with E-state index in [9.17, 15) is 8.78 Å². The number of rotatable bonds is 3. The smallest absolute Gasteiger partial charge is 0.170 e. The highest BCUT2D eigenvalue weighted by Crippen LogP contribution is 2.31. The van der Waals surface area contributed by atoms with E-state index in [4.69, 9.17) is 4.42 Å². The van der Waals surface area contributed by atoms with Crippen molar-refractivity contribution in [3.8, 4) is 11.3 Å². The van der Waals surface area contributed by atoms with Crippen LogP contribution in [0.1, 0.15) is 5.56 Å². The topological polar surface area (TPSA) is 25.2 Å². The van der Waals surface area contributed by atoms with Crippen molar-refractivity contribution in [2.75, 3.05) is 7.05 Å². The quantitative estimate of drug-likeness (QED) is 0.777. The molecule has 0 fully saturated rings. The molecule has 0 saturated carbocycles. The average Bonchev–Trinajstić information content (AvgIpc) is 2.86. The molecule has 0 radical (unpaired) electrons. The molecular weight excluding hydrogens is 260 g/mol. The van der Waals surface area contributed by atoms with Crippen LogP contribution < -0.4 is 5.32 Å². The van der Waals surface area contributed by atoms with Crippen LogP contribution in [0.4, 0.5) is 8.78 Å². The molecular formula is C16H13F2NO. The molecule has 2 nitrogen and oxygen atoms in total. The van der Waals surface area contributed by atoms with E-state index in [1.807, 2.05) is 7.05 Å². The molecule has 1 aromatic heterocycles. The Hall–Kier alpha value is -2.20. The summed E-state index contributed by atoms with van der Waals surface area (Å²) in [5.41, 5.74) is 1.73. The number of furan rings is 1. The van der Waals surface area contributed by atoms with Crippen LogP contribution in [0.3, 0.4) is 0 Å². The summed E-state index contributed by atoms with van der Waals surface area (Å²) >= 11 is 0. The first-order chi connectivity index (χ1) is 9.69. The molecule has 1 heterocycles. The van der Waals surface area contributed by atoms with E-state index >= 15 is 0 Å². The fourth-order valence-corrected chi connectivity index (χ4v) is 2.28. The van der Waals surface area contributed by atoms with Crippen molar-refractivity contribution in [3.63, 3.8) is 0 Å². The fourth-order valence-electron chi connectivity index (χ4n) is 2.28. The number of fused-ring (bicyclic) bond motifs is 1. The highest BCUT2D eigenvalue weighted by molar-refractivity contribution is 5.83. The van der Waals surface area contributed by atoms with E-state index in [0.717, 1.165) is 5.56 Å². The Bertz CT molecular complexity index is 764. The molecule has 1 N–H and O–H groups in total. The Morgan fingerprint density at radius 1 is 1.10 bits per heavy atom. The van der Waals surface area contributed by atoms with Crippen LogP contribution in [0.5, 0.6) is 0 Å². The Morgan fingerprint density at radius 2 is 1.95 bits per heavy atom. The Balaban J connectivity index is 2.19. The summed E-state index contributed by atoms with van der Waals surface area (Å²) in [6.45, 7) is 0.579. The van der Waals surface area contributed by atoms with Crippen LogP contribution in [0.15, 0.2) is 46.9 Å². The summed E-state index contributed by atoms with van der Waals surface area (Å²) in [7, 11) is 1.81. The van der Waals surface area contributed by atoms with Crippen molar-refractivity contribution in [2.45, 2.75) is 6.54 Å². The average molecular weight is 273 g/mol. The van der Waals surface area contributed by atoms with E-state index in [0.29, 0.717) is 23.3 Å². The van der Waals surface area contributed by atoms with Crippen LogP contribution >= 0.6 is 0 Å². The number of para-hydroxylation sites is 1. The van der Waals surface area contributed by atoms with Crippen molar-refractivity contribution in [1.82, 2.24) is 5.32 Å². The SMILES string of the molecule is CNCc1ccc(F)cc1-c1cc2cccc(F)c2o1. The van der Waals surface area contributed by atoms with Crippen LogP contribution in [0, 0.1) is 11.6 Å². The van der Waals surface area contributed by atoms with E-state index in [1.54, 1.807) is 24.3 Å². The molecule has 3 aromatic rings. The van der Waals surface area contributed by atoms with E-state index in [2.05, 4.69) is 5.32 Å². The zero-order valence-electron chi connectivity index (χ0n) is 10.9. The molecule has 102 valence electrons. The normalized spacial score (nSPS) is 11.2. The van der Waals surface area contributed by atoms with E-state index < -0.39 is 5.82 Å². The van der Waals surface area contributed by atoms with Crippen molar-refractivity contribution >= 4 is 11.0 Å². The van der Waals surface area contributed by atoms with Gasteiger partial charge in [0.15, 0.2) is 11.4 Å². The predicted molar refractivity (Wildman–Crippen MR) is 74.3 cm³/mol. The summed E-state index contributed by atoms with van der Waals surface area (Å²) in [6, 6.07) is 11.0. The zero-order valence-corrected chi connectivity index (χ0v) is 10.9. The minimum atomic E-state index is -0.416. The lowest BCUT2D eigenvalue weighted by atomic mass is 10.0. The number of benzene rings is 2. The van der Waals surface area contributed by atoms with Gasteiger partial charge in [0.05, 0.1) is 0 Å². The van der Waals surface area contributed by atoms with Gasteiger partial charge in [0.1, 0.15) is 11.6 Å². The summed E-state index contributed by atoms with van der Waals surface area (Å²) in [5, 5.41) is 3.69. The Kier molecular flexibility index (Phi) is 3.24. The highest BCUT2D eigenvalue weighted by atomic mass is 19.1. The molecule has 0 spiro atoms. The molecule has 0 bridgehead atoms. The second-order valence-electron chi connectivity index (χ2n) is 4.60. The Morgan fingerprint density at radius 3 is 2.70 bits per heavy atom. The Labute approximate surface area is 115 Å². The van der Waals surface area contributed by atoms with Crippen LogP contribution in [0.2, 0.25) is 0 Å². The number of hydrogen-bond donors (Lipinski definition) is 1. The van der Waals surface area contributed by atoms with Gasteiger partial charge in [0.2, 0.25) is 0 Å². The number of nitrogens with one attached hydrogen (secondary N) is 1. The number of halogens is 2. The van der Waals surface area contributed by atoms with E-state index in [-0.39, 0.29) is 11.4 Å². The maximum Gasteiger partial charge on any atom is 0.170 e. The third-order valence-electron chi connectivity index (χ3n) is 3.20. The maximum atomic E-state index is 13.7. The third kappa shape index (κ3) is 2.18. The standard InChI is InChI=1S/C16H13F2NO/c1-19-9-11-5-6-12(17)8-13(11)15-7-10-3-2-4-14(18)16(10)20-15/h2-8,19H,9H2,1H3. The van der Waals surface area contributed by atoms with Crippen molar-refractivity contribution in [1.29, 1.82) is 0 Å². The molecule has 2 aromatic carbocycles. The minimum Gasteiger partial charge on any atom is -0.453 e. The summed E-state index contributed by atoms with van der Waals surface area (Å²) in [5.74, 6) is -0.295. The molecule has 0 amide bonds. The van der Waals surface area contributed by atoms with Gasteiger partial charge in [0.25, 0.3) is 0 Å². The maximum absolute atomic E-state index is 13.7. The van der Waals surface area contributed by atoms with Crippen LogP contribution in [-0.2, 0) is 6.54 Å². The first-order valence-corrected chi connectivity index (χ1v) is 6.30. The fraction of sp³-hybridized carbons (Fsp3) is 0.125.